The fourth-order valence-electron chi connectivity index (χ4n) is 4.65. The summed E-state index contributed by atoms with van der Waals surface area (Å²) in [5.41, 5.74) is 0.918. The minimum absolute atomic E-state index is 0.0130. The third-order valence-corrected chi connectivity index (χ3v) is 6.60. The molecule has 10 heteroatoms. The lowest BCUT2D eigenvalue weighted by Crippen LogP contribution is -2.39. The summed E-state index contributed by atoms with van der Waals surface area (Å²) >= 11 is 6.51. The molecule has 0 aliphatic rings. The van der Waals surface area contributed by atoms with Gasteiger partial charge in [0.05, 0.1) is 41.3 Å². The van der Waals surface area contributed by atoms with Crippen LogP contribution >= 0.6 is 11.6 Å². The topological polar surface area (TPSA) is 103 Å². The van der Waals surface area contributed by atoms with Crippen molar-refractivity contribution in [1.82, 2.24) is 14.9 Å². The first kappa shape index (κ1) is 27.2. The van der Waals surface area contributed by atoms with Crippen LogP contribution in [-0.2, 0) is 6.54 Å². The first-order valence-electron chi connectivity index (χ1n) is 12.2. The highest BCUT2D eigenvalue weighted by Crippen LogP contribution is 2.37. The van der Waals surface area contributed by atoms with Gasteiger partial charge in [-0.1, -0.05) is 37.6 Å². The molecule has 1 unspecified atom stereocenters. The largest absolute Gasteiger partial charge is 0.497 e. The van der Waals surface area contributed by atoms with E-state index in [1.54, 1.807) is 56.6 Å². The van der Waals surface area contributed by atoms with Gasteiger partial charge < -0.3 is 24.5 Å². The van der Waals surface area contributed by atoms with Gasteiger partial charge in [-0.15, -0.1) is 0 Å². The van der Waals surface area contributed by atoms with E-state index in [1.807, 2.05) is 13.8 Å². The monoisotopic (exact) mass is 541 g/mol. The number of ether oxygens (including phenoxy) is 2. The molecule has 4 rings (SSSR count). The smallest absolute Gasteiger partial charge is 0.404 e. The summed E-state index contributed by atoms with van der Waals surface area (Å²) in [6.07, 6.45) is 0.848. The number of methoxy groups -OCH3 is 1. The quantitative estimate of drug-likeness (QED) is 0.261. The molecule has 0 fully saturated rings. The van der Waals surface area contributed by atoms with Crippen LogP contribution < -0.4 is 20.3 Å². The van der Waals surface area contributed by atoms with Crippen molar-refractivity contribution in [3.63, 3.8) is 0 Å². The predicted molar refractivity (Wildman–Crippen MR) is 145 cm³/mol. The lowest BCUT2D eigenvalue weighted by Gasteiger charge is -2.21. The van der Waals surface area contributed by atoms with Crippen LogP contribution in [-0.4, -0.2) is 40.5 Å². The molecular formula is C28H29ClFN3O5. The molecule has 0 saturated heterocycles. The molecule has 8 nitrogen and oxygen atoms in total. The van der Waals surface area contributed by atoms with E-state index < -0.39 is 23.5 Å². The Morgan fingerprint density at radius 3 is 2.55 bits per heavy atom. The molecule has 2 heterocycles. The van der Waals surface area contributed by atoms with E-state index in [4.69, 9.17) is 21.1 Å². The molecule has 0 radical (unpaired) electrons. The highest BCUT2D eigenvalue weighted by Gasteiger charge is 2.23. The Kier molecular flexibility index (Phi) is 8.06. The number of hydrogen-bond acceptors (Lipinski definition) is 5. The van der Waals surface area contributed by atoms with E-state index in [-0.39, 0.29) is 35.4 Å². The number of aromatic nitrogens is 2. The number of nitrogens with zero attached hydrogens (tertiary/aromatic N) is 2. The zero-order chi connectivity index (χ0) is 27.6. The second-order valence-corrected chi connectivity index (χ2v) is 9.95. The van der Waals surface area contributed by atoms with Gasteiger partial charge in [-0.2, -0.15) is 0 Å². The minimum Gasteiger partial charge on any atom is -0.497 e. The number of hydrogen-bond donors (Lipinski definition) is 2. The fraction of sp³-hybridized carbons (Fsp3) is 0.321. The zero-order valence-electron chi connectivity index (χ0n) is 21.5. The maximum absolute atomic E-state index is 16.3. The van der Waals surface area contributed by atoms with Crippen molar-refractivity contribution >= 4 is 39.4 Å². The van der Waals surface area contributed by atoms with Crippen molar-refractivity contribution in [3.8, 4) is 11.5 Å². The Hall–Kier alpha value is -3.85. The van der Waals surface area contributed by atoms with E-state index >= 15 is 4.39 Å². The average molecular weight is 542 g/mol. The maximum Gasteiger partial charge on any atom is 0.404 e. The van der Waals surface area contributed by atoms with E-state index in [0.29, 0.717) is 34.0 Å². The van der Waals surface area contributed by atoms with Crippen LogP contribution in [0.15, 0.2) is 47.4 Å². The first-order valence-corrected chi connectivity index (χ1v) is 12.5. The van der Waals surface area contributed by atoms with Crippen LogP contribution in [0, 0.1) is 18.7 Å². The molecule has 0 bridgehead atoms. The second kappa shape index (κ2) is 11.3. The van der Waals surface area contributed by atoms with Crippen LogP contribution in [0.2, 0.25) is 5.02 Å². The van der Waals surface area contributed by atoms with E-state index in [9.17, 15) is 14.7 Å². The van der Waals surface area contributed by atoms with Gasteiger partial charge in [0.2, 0.25) is 0 Å². The lowest BCUT2D eigenvalue weighted by atomic mass is 10.0. The summed E-state index contributed by atoms with van der Waals surface area (Å²) in [6.45, 7) is 5.57. The van der Waals surface area contributed by atoms with Gasteiger partial charge in [-0.3, -0.25) is 9.78 Å². The van der Waals surface area contributed by atoms with Crippen LogP contribution in [0.5, 0.6) is 11.5 Å². The van der Waals surface area contributed by atoms with Crippen LogP contribution in [0.3, 0.4) is 0 Å². The van der Waals surface area contributed by atoms with Gasteiger partial charge in [-0.25, -0.2) is 9.18 Å². The van der Waals surface area contributed by atoms with E-state index in [0.717, 1.165) is 5.56 Å². The summed E-state index contributed by atoms with van der Waals surface area (Å²) in [4.78, 5) is 29.2. The summed E-state index contributed by atoms with van der Waals surface area (Å²) in [7, 11) is 1.56. The van der Waals surface area contributed by atoms with Gasteiger partial charge in [0.15, 0.2) is 11.6 Å². The molecule has 0 aliphatic carbocycles. The van der Waals surface area contributed by atoms with Crippen molar-refractivity contribution in [1.29, 1.82) is 0 Å². The molecule has 1 atom stereocenters. The van der Waals surface area contributed by atoms with Crippen LogP contribution in [0.1, 0.15) is 31.5 Å². The first-order chi connectivity index (χ1) is 18.1. The maximum atomic E-state index is 16.3. The Morgan fingerprint density at radius 2 is 1.92 bits per heavy atom. The Labute approximate surface area is 224 Å². The highest BCUT2D eigenvalue weighted by molar-refractivity contribution is 6.33. The lowest BCUT2D eigenvalue weighted by molar-refractivity contribution is 0.175. The number of fused-ring (bicyclic) bond motifs is 3. The number of nitrogens with one attached hydrogen (secondary N) is 1. The number of halogens is 2. The van der Waals surface area contributed by atoms with Crippen molar-refractivity contribution in [2.45, 2.75) is 39.8 Å². The number of carbonyl (C=O) groups is 1. The zero-order valence-corrected chi connectivity index (χ0v) is 22.3. The van der Waals surface area contributed by atoms with Gasteiger partial charge in [0.25, 0.3) is 5.56 Å². The fourth-order valence-corrected chi connectivity index (χ4v) is 4.90. The molecule has 200 valence electrons. The number of rotatable bonds is 9. The van der Waals surface area contributed by atoms with Crippen molar-refractivity contribution < 1.29 is 23.8 Å². The number of aryl methyl sites for hydroxylation is 1. The highest BCUT2D eigenvalue weighted by atomic mass is 35.5. The molecule has 2 aromatic carbocycles. The summed E-state index contributed by atoms with van der Waals surface area (Å²) < 4.78 is 28.6. The third kappa shape index (κ3) is 5.52. The molecule has 0 saturated carbocycles. The van der Waals surface area contributed by atoms with Gasteiger partial charge in [0.1, 0.15) is 12.4 Å². The Balaban J connectivity index is 1.89. The van der Waals surface area contributed by atoms with Gasteiger partial charge >= 0.3 is 6.09 Å². The van der Waals surface area contributed by atoms with Crippen LogP contribution in [0.25, 0.3) is 21.7 Å². The number of carboxylic acid groups (broad SMARTS) is 1. The third-order valence-electron chi connectivity index (χ3n) is 6.32. The molecule has 38 heavy (non-hydrogen) atoms. The SMILES string of the molecule is COc1ccc(Cn2c(=O)c3c(C)nccc3c3cc(Cl)c(OCC(CC(C)C)NC(=O)O)c(F)c32)cc1. The number of amides is 1. The second-order valence-electron chi connectivity index (χ2n) is 9.54. The Bertz CT molecular complexity index is 1550. The molecule has 2 N–H and O–H groups in total. The average Bonchev–Trinajstić information content (AvgIpc) is 2.86. The van der Waals surface area contributed by atoms with E-state index in [2.05, 4.69) is 10.3 Å². The summed E-state index contributed by atoms with van der Waals surface area (Å²) in [5.74, 6) is -0.212. The van der Waals surface area contributed by atoms with Gasteiger partial charge in [0, 0.05) is 17.0 Å². The molecule has 4 aromatic rings. The van der Waals surface area contributed by atoms with Crippen molar-refractivity contribution in [3.05, 3.63) is 75.0 Å². The van der Waals surface area contributed by atoms with E-state index in [1.165, 1.54) is 4.57 Å². The number of benzene rings is 2. The molecular weight excluding hydrogens is 513 g/mol. The standard InChI is InChI=1S/C28H29ClFN3O5/c1-15(2)11-18(32-28(35)36)14-38-26-22(29)12-21-20-9-10-31-16(3)23(20)27(34)33(25(21)24(26)30)13-17-5-7-19(37-4)8-6-17/h5-10,12,15,18,32H,11,13-14H2,1-4H3,(H,35,36). The summed E-state index contributed by atoms with van der Waals surface area (Å²) in [6, 6.07) is 9.79. The molecule has 0 aliphatic heterocycles. The number of pyridine rings is 2. The molecule has 1 amide bonds. The van der Waals surface area contributed by atoms with Crippen molar-refractivity contribution in [2.24, 2.45) is 5.92 Å². The van der Waals surface area contributed by atoms with Gasteiger partial charge in [-0.05, 0) is 49.1 Å². The Morgan fingerprint density at radius 1 is 1.21 bits per heavy atom. The summed E-state index contributed by atoms with van der Waals surface area (Å²) in [5, 5.41) is 13.0. The minimum atomic E-state index is -1.20. The predicted octanol–water partition coefficient (Wildman–Crippen LogP) is 5.77. The molecule has 0 spiro atoms. The van der Waals surface area contributed by atoms with Crippen molar-refractivity contribution in [2.75, 3.05) is 13.7 Å². The molecule has 2 aromatic heterocycles. The van der Waals surface area contributed by atoms with Crippen LogP contribution in [0.4, 0.5) is 9.18 Å². The normalized spacial score (nSPS) is 12.2.